The van der Waals surface area contributed by atoms with Crippen LogP contribution in [0.4, 0.5) is 5.69 Å². The minimum atomic E-state index is -0.181. The second kappa shape index (κ2) is 9.24. The predicted octanol–water partition coefficient (Wildman–Crippen LogP) is 4.76. The minimum Gasteiger partial charge on any atom is -0.494 e. The molecule has 0 atom stereocenters. The van der Waals surface area contributed by atoms with Crippen LogP contribution in [0.15, 0.2) is 47.6 Å². The largest absolute Gasteiger partial charge is 0.494 e. The first-order chi connectivity index (χ1) is 15.4. The third kappa shape index (κ3) is 4.46. The van der Waals surface area contributed by atoms with Gasteiger partial charge in [0.05, 0.1) is 24.7 Å². The number of benzene rings is 2. The van der Waals surface area contributed by atoms with Gasteiger partial charge in [-0.1, -0.05) is 36.0 Å². The van der Waals surface area contributed by atoms with E-state index in [9.17, 15) is 4.79 Å². The molecule has 0 saturated heterocycles. The number of amides is 1. The van der Waals surface area contributed by atoms with E-state index in [2.05, 4.69) is 52.1 Å². The Morgan fingerprint density at radius 3 is 2.69 bits per heavy atom. The van der Waals surface area contributed by atoms with Crippen molar-refractivity contribution in [2.24, 2.45) is 0 Å². The van der Waals surface area contributed by atoms with Crippen molar-refractivity contribution in [2.45, 2.75) is 44.8 Å². The van der Waals surface area contributed by atoms with Gasteiger partial charge in [0.15, 0.2) is 11.0 Å². The van der Waals surface area contributed by atoms with Crippen molar-refractivity contribution in [2.75, 3.05) is 24.3 Å². The van der Waals surface area contributed by atoms with Crippen LogP contribution in [0.2, 0.25) is 0 Å². The molecule has 1 aromatic heterocycles. The van der Waals surface area contributed by atoms with Gasteiger partial charge in [0, 0.05) is 17.2 Å². The minimum absolute atomic E-state index is 0.143. The maximum absolute atomic E-state index is 12.8. The van der Waals surface area contributed by atoms with Crippen molar-refractivity contribution in [1.82, 2.24) is 14.8 Å². The van der Waals surface area contributed by atoms with Crippen LogP contribution in [0.5, 0.6) is 11.5 Å². The number of rotatable bonds is 8. The molecule has 0 spiro atoms. The summed E-state index contributed by atoms with van der Waals surface area (Å²) in [6.07, 6.45) is 0.885. The van der Waals surface area contributed by atoms with Crippen molar-refractivity contribution in [1.29, 1.82) is 0 Å². The highest BCUT2D eigenvalue weighted by Crippen LogP contribution is 2.39. The number of ether oxygens (including phenoxy) is 2. The molecule has 0 bridgehead atoms. The molecule has 1 N–H and O–H groups in total. The molecule has 0 unspecified atom stereocenters. The Hall–Kier alpha value is -3.00. The first-order valence-electron chi connectivity index (χ1n) is 10.8. The molecular weight excluding hydrogens is 424 g/mol. The molecule has 0 saturated carbocycles. The van der Waals surface area contributed by atoms with Crippen molar-refractivity contribution < 1.29 is 14.3 Å². The van der Waals surface area contributed by atoms with Gasteiger partial charge in [-0.05, 0) is 51.8 Å². The Morgan fingerprint density at radius 1 is 1.12 bits per heavy atom. The van der Waals surface area contributed by atoms with Gasteiger partial charge in [-0.15, -0.1) is 10.2 Å². The van der Waals surface area contributed by atoms with Crippen LogP contribution < -0.4 is 14.8 Å². The van der Waals surface area contributed by atoms with Gasteiger partial charge in [-0.25, -0.2) is 0 Å². The summed E-state index contributed by atoms with van der Waals surface area (Å²) in [6, 6.07) is 13.7. The van der Waals surface area contributed by atoms with Gasteiger partial charge in [0.25, 0.3) is 0 Å². The molecule has 0 aliphatic carbocycles. The third-order valence-corrected chi connectivity index (χ3v) is 6.22. The van der Waals surface area contributed by atoms with Gasteiger partial charge < -0.3 is 14.8 Å². The highest BCUT2D eigenvalue weighted by atomic mass is 32.2. The quantitative estimate of drug-likeness (QED) is 0.496. The summed E-state index contributed by atoms with van der Waals surface area (Å²) >= 11 is 1.38. The summed E-state index contributed by atoms with van der Waals surface area (Å²) in [5, 5.41) is 12.5. The maximum Gasteiger partial charge on any atom is 0.234 e. The molecule has 32 heavy (non-hydrogen) atoms. The van der Waals surface area contributed by atoms with Gasteiger partial charge in [-0.3, -0.25) is 9.36 Å². The molecule has 4 rings (SSSR count). The average molecular weight is 453 g/mol. The molecule has 7 nitrogen and oxygen atoms in total. The number of anilines is 1. The van der Waals surface area contributed by atoms with E-state index in [0.29, 0.717) is 30.4 Å². The molecule has 1 aliphatic heterocycles. The van der Waals surface area contributed by atoms with Crippen molar-refractivity contribution in [3.63, 3.8) is 0 Å². The highest BCUT2D eigenvalue weighted by molar-refractivity contribution is 7.99. The third-order valence-electron chi connectivity index (χ3n) is 5.29. The van der Waals surface area contributed by atoms with Gasteiger partial charge >= 0.3 is 0 Å². The lowest BCUT2D eigenvalue weighted by atomic mass is 9.87. The van der Waals surface area contributed by atoms with Gasteiger partial charge in [0.2, 0.25) is 5.91 Å². The van der Waals surface area contributed by atoms with E-state index in [-0.39, 0.29) is 17.2 Å². The number of hydrogen-bond acceptors (Lipinski definition) is 6. The number of carbonyl (C=O) groups excluding carboxylic acids is 1. The molecule has 0 fully saturated rings. The molecule has 3 aromatic rings. The number of thioether (sulfide) groups is 1. The summed E-state index contributed by atoms with van der Waals surface area (Å²) < 4.78 is 13.4. The Labute approximate surface area is 192 Å². The average Bonchev–Trinajstić information content (AvgIpc) is 3.20. The van der Waals surface area contributed by atoms with Crippen LogP contribution in [0.3, 0.4) is 0 Å². The number of aromatic nitrogens is 3. The Kier molecular flexibility index (Phi) is 6.41. The lowest BCUT2D eigenvalue weighted by molar-refractivity contribution is -0.113. The predicted molar refractivity (Wildman–Crippen MR) is 127 cm³/mol. The Balaban J connectivity index is 1.51. The lowest BCUT2D eigenvalue weighted by Gasteiger charge is -2.34. The monoisotopic (exact) mass is 452 g/mol. The molecule has 168 valence electrons. The van der Waals surface area contributed by atoms with Crippen molar-refractivity contribution in [3.05, 3.63) is 48.0 Å². The van der Waals surface area contributed by atoms with E-state index >= 15 is 0 Å². The van der Waals surface area contributed by atoms with Crippen LogP contribution in [-0.2, 0) is 16.8 Å². The first kappa shape index (κ1) is 22.2. The summed E-state index contributed by atoms with van der Waals surface area (Å²) in [4.78, 5) is 12.8. The second-order valence-corrected chi connectivity index (χ2v) is 9.09. The summed E-state index contributed by atoms with van der Waals surface area (Å²) in [7, 11) is 0. The summed E-state index contributed by atoms with van der Waals surface area (Å²) in [5.41, 5.74) is 2.79. The fraction of sp³-hybridized carbons (Fsp3) is 0.375. The first-order valence-corrected chi connectivity index (χ1v) is 11.8. The molecular formula is C24H28N4O3S. The number of hydrogen-bond donors (Lipinski definition) is 1. The lowest BCUT2D eigenvalue weighted by Crippen LogP contribution is -2.33. The van der Waals surface area contributed by atoms with Crippen LogP contribution in [0.25, 0.3) is 11.4 Å². The smallest absolute Gasteiger partial charge is 0.234 e. The van der Waals surface area contributed by atoms with Crippen molar-refractivity contribution >= 4 is 23.4 Å². The molecule has 0 radical (unpaired) electrons. The van der Waals surface area contributed by atoms with Gasteiger partial charge in [-0.2, -0.15) is 0 Å². The highest BCUT2D eigenvalue weighted by Gasteiger charge is 2.34. The fourth-order valence-corrected chi connectivity index (χ4v) is 4.88. The Morgan fingerprint density at radius 2 is 1.91 bits per heavy atom. The van der Waals surface area contributed by atoms with E-state index in [0.717, 1.165) is 23.0 Å². The molecule has 2 heterocycles. The van der Waals surface area contributed by atoms with E-state index < -0.39 is 0 Å². The zero-order chi connectivity index (χ0) is 22.7. The second-order valence-electron chi connectivity index (χ2n) is 8.15. The van der Waals surface area contributed by atoms with Crippen molar-refractivity contribution in [3.8, 4) is 22.9 Å². The number of nitrogens with zero attached hydrogens (tertiary/aromatic N) is 3. The summed E-state index contributed by atoms with van der Waals surface area (Å²) in [6.45, 7) is 9.24. The zero-order valence-electron chi connectivity index (χ0n) is 18.8. The fourth-order valence-electron chi connectivity index (χ4n) is 3.98. The van der Waals surface area contributed by atoms with Crippen LogP contribution >= 0.6 is 11.8 Å². The molecule has 2 aromatic carbocycles. The van der Waals surface area contributed by atoms with E-state index in [1.165, 1.54) is 17.3 Å². The van der Waals surface area contributed by atoms with E-state index in [1.807, 2.05) is 32.0 Å². The Bertz CT molecular complexity index is 1130. The standard InChI is InChI=1S/C24H28N4O3S/c1-5-30-17-11-12-20(31-6-2)19(13-17)25-21(29)15-32-23-27-26-22-18-10-8-7-9-16(18)14-24(3,4)28(22)23/h7-13H,5-6,14-15H2,1-4H3,(H,25,29). The maximum atomic E-state index is 12.8. The topological polar surface area (TPSA) is 78.3 Å². The van der Waals surface area contributed by atoms with Crippen LogP contribution in [0, 0.1) is 0 Å². The number of fused-ring (bicyclic) bond motifs is 3. The number of carbonyl (C=O) groups is 1. The van der Waals surface area contributed by atoms with Crippen LogP contribution in [-0.4, -0.2) is 39.6 Å². The molecule has 1 amide bonds. The normalized spacial score (nSPS) is 13.8. The molecule has 1 aliphatic rings. The van der Waals surface area contributed by atoms with Crippen LogP contribution in [0.1, 0.15) is 33.3 Å². The van der Waals surface area contributed by atoms with E-state index in [4.69, 9.17) is 9.47 Å². The van der Waals surface area contributed by atoms with Gasteiger partial charge in [0.1, 0.15) is 11.5 Å². The SMILES string of the molecule is CCOc1ccc(OCC)c(NC(=O)CSc2nnc3n2C(C)(C)Cc2ccccc2-3)c1. The summed E-state index contributed by atoms with van der Waals surface area (Å²) in [5.74, 6) is 2.22. The number of nitrogens with one attached hydrogen (secondary N) is 1. The van der Waals surface area contributed by atoms with E-state index in [1.54, 1.807) is 6.07 Å². The molecule has 8 heteroatoms. The zero-order valence-corrected chi connectivity index (χ0v) is 19.7.